The highest BCUT2D eigenvalue weighted by molar-refractivity contribution is 7.88. The van der Waals surface area contributed by atoms with Crippen LogP contribution in [0.3, 0.4) is 0 Å². The van der Waals surface area contributed by atoms with E-state index in [2.05, 4.69) is 32.1 Å². The number of hydrogen-bond acceptors (Lipinski definition) is 3. The lowest BCUT2D eigenvalue weighted by molar-refractivity contribution is 0.476. The molecule has 2 N–H and O–H groups in total. The van der Waals surface area contributed by atoms with Crippen LogP contribution < -0.4 is 10.0 Å². The van der Waals surface area contributed by atoms with Gasteiger partial charge in [-0.15, -0.1) is 0 Å². The van der Waals surface area contributed by atoms with Crippen LogP contribution in [0.1, 0.15) is 16.7 Å². The van der Waals surface area contributed by atoms with E-state index in [1.165, 1.54) is 12.6 Å². The molecular formula is C19H26N4O2S. The van der Waals surface area contributed by atoms with E-state index in [1.54, 1.807) is 7.05 Å². The SMILES string of the molecule is CN=C(NCc1ccc(CS(=O)(=O)NC)cc1)N(C)Cc1ccccc1. The summed E-state index contributed by atoms with van der Waals surface area (Å²) in [5, 5.41) is 3.33. The summed E-state index contributed by atoms with van der Waals surface area (Å²) in [6, 6.07) is 17.7. The Morgan fingerprint density at radius 3 is 2.19 bits per heavy atom. The van der Waals surface area contributed by atoms with Crippen molar-refractivity contribution < 1.29 is 8.42 Å². The maximum atomic E-state index is 11.6. The van der Waals surface area contributed by atoms with Crippen molar-refractivity contribution in [2.45, 2.75) is 18.8 Å². The van der Waals surface area contributed by atoms with Gasteiger partial charge in [-0.1, -0.05) is 54.6 Å². The van der Waals surface area contributed by atoms with Crippen molar-refractivity contribution in [3.63, 3.8) is 0 Å². The van der Waals surface area contributed by atoms with Crippen LogP contribution >= 0.6 is 0 Å². The van der Waals surface area contributed by atoms with Crippen LogP contribution in [-0.2, 0) is 28.9 Å². The maximum Gasteiger partial charge on any atom is 0.215 e. The van der Waals surface area contributed by atoms with Crippen molar-refractivity contribution in [1.29, 1.82) is 0 Å². The molecule has 0 amide bonds. The highest BCUT2D eigenvalue weighted by atomic mass is 32.2. The largest absolute Gasteiger partial charge is 0.352 e. The average molecular weight is 375 g/mol. The summed E-state index contributed by atoms with van der Waals surface area (Å²) in [5.41, 5.74) is 3.03. The predicted octanol–water partition coefficient (Wildman–Crippen LogP) is 1.94. The first-order chi connectivity index (χ1) is 12.4. The second-order valence-electron chi connectivity index (χ2n) is 6.02. The molecule has 0 aromatic heterocycles. The first-order valence-electron chi connectivity index (χ1n) is 8.38. The Balaban J connectivity index is 1.92. The van der Waals surface area contributed by atoms with Gasteiger partial charge in [-0.3, -0.25) is 4.99 Å². The number of rotatable bonds is 7. The van der Waals surface area contributed by atoms with E-state index in [0.717, 1.165) is 23.6 Å². The Morgan fingerprint density at radius 2 is 1.62 bits per heavy atom. The maximum absolute atomic E-state index is 11.6. The van der Waals surface area contributed by atoms with E-state index in [9.17, 15) is 8.42 Å². The Kier molecular flexibility index (Phi) is 7.17. The van der Waals surface area contributed by atoms with Gasteiger partial charge in [0.25, 0.3) is 0 Å². The van der Waals surface area contributed by atoms with E-state index < -0.39 is 10.0 Å². The van der Waals surface area contributed by atoms with E-state index >= 15 is 0 Å². The zero-order valence-electron chi connectivity index (χ0n) is 15.4. The van der Waals surface area contributed by atoms with Gasteiger partial charge in [0.15, 0.2) is 5.96 Å². The summed E-state index contributed by atoms with van der Waals surface area (Å²) >= 11 is 0. The Hall–Kier alpha value is -2.38. The van der Waals surface area contributed by atoms with Crippen LogP contribution in [-0.4, -0.2) is 40.4 Å². The number of guanidine groups is 1. The van der Waals surface area contributed by atoms with Gasteiger partial charge in [-0.2, -0.15) is 0 Å². The van der Waals surface area contributed by atoms with E-state index in [1.807, 2.05) is 49.5 Å². The summed E-state index contributed by atoms with van der Waals surface area (Å²) < 4.78 is 25.5. The van der Waals surface area contributed by atoms with Gasteiger partial charge in [0.1, 0.15) is 0 Å². The molecule has 0 saturated heterocycles. The highest BCUT2D eigenvalue weighted by Gasteiger charge is 2.09. The molecule has 0 aliphatic carbocycles. The number of hydrogen-bond donors (Lipinski definition) is 2. The van der Waals surface area contributed by atoms with Crippen LogP contribution in [0.5, 0.6) is 0 Å². The Morgan fingerprint density at radius 1 is 1.00 bits per heavy atom. The van der Waals surface area contributed by atoms with Gasteiger partial charge in [-0.25, -0.2) is 13.1 Å². The van der Waals surface area contributed by atoms with Crippen LogP contribution in [0.25, 0.3) is 0 Å². The number of benzene rings is 2. The summed E-state index contributed by atoms with van der Waals surface area (Å²) in [6.07, 6.45) is 0. The molecule has 0 bridgehead atoms. The van der Waals surface area contributed by atoms with Gasteiger partial charge in [-0.05, 0) is 23.7 Å². The molecule has 0 heterocycles. The summed E-state index contributed by atoms with van der Waals surface area (Å²) in [5.74, 6) is 0.786. The lowest BCUT2D eigenvalue weighted by Crippen LogP contribution is -2.38. The van der Waals surface area contributed by atoms with Crippen molar-refractivity contribution in [2.24, 2.45) is 4.99 Å². The molecule has 0 spiro atoms. The molecule has 0 fully saturated rings. The average Bonchev–Trinajstić information content (AvgIpc) is 2.64. The number of sulfonamides is 1. The Bertz CT molecular complexity index is 818. The van der Waals surface area contributed by atoms with Crippen molar-refractivity contribution in [1.82, 2.24) is 14.9 Å². The fourth-order valence-electron chi connectivity index (χ4n) is 2.54. The minimum atomic E-state index is -3.25. The third-order valence-electron chi connectivity index (χ3n) is 3.98. The third-order valence-corrected chi connectivity index (χ3v) is 5.31. The topological polar surface area (TPSA) is 73.8 Å². The monoisotopic (exact) mass is 374 g/mol. The Labute approximate surface area is 156 Å². The van der Waals surface area contributed by atoms with Gasteiger partial charge >= 0.3 is 0 Å². The summed E-state index contributed by atoms with van der Waals surface area (Å²) in [7, 11) is 1.93. The standard InChI is InChI=1S/C19H26N4O2S/c1-20-19(23(3)14-17-7-5-4-6-8-17)22-13-16-9-11-18(12-10-16)15-26(24,25)21-2/h4-12,21H,13-15H2,1-3H3,(H,20,22). The molecule has 2 aromatic rings. The lowest BCUT2D eigenvalue weighted by atomic mass is 10.1. The minimum Gasteiger partial charge on any atom is -0.352 e. The van der Waals surface area contributed by atoms with Crippen molar-refractivity contribution >= 4 is 16.0 Å². The van der Waals surface area contributed by atoms with Crippen molar-refractivity contribution in [2.75, 3.05) is 21.1 Å². The summed E-state index contributed by atoms with van der Waals surface area (Å²) in [4.78, 5) is 6.38. The molecule has 0 saturated carbocycles. The van der Waals surface area contributed by atoms with Crippen LogP contribution in [0.15, 0.2) is 59.6 Å². The predicted molar refractivity (Wildman–Crippen MR) is 106 cm³/mol. The normalized spacial score (nSPS) is 12.0. The van der Waals surface area contributed by atoms with Crippen LogP contribution in [0.2, 0.25) is 0 Å². The quantitative estimate of drug-likeness (QED) is 0.574. The second kappa shape index (κ2) is 9.35. The van der Waals surface area contributed by atoms with Crippen molar-refractivity contribution in [3.8, 4) is 0 Å². The fourth-order valence-corrected chi connectivity index (χ4v) is 3.32. The van der Waals surface area contributed by atoms with Gasteiger partial charge < -0.3 is 10.2 Å². The van der Waals surface area contributed by atoms with Crippen LogP contribution in [0.4, 0.5) is 0 Å². The molecule has 6 nitrogen and oxygen atoms in total. The number of aliphatic imine (C=N–C) groups is 1. The number of nitrogens with zero attached hydrogens (tertiary/aromatic N) is 2. The molecule has 0 unspecified atom stereocenters. The van der Waals surface area contributed by atoms with Gasteiger partial charge in [0.2, 0.25) is 10.0 Å². The van der Waals surface area contributed by atoms with E-state index in [0.29, 0.717) is 6.54 Å². The molecule has 2 aromatic carbocycles. The minimum absolute atomic E-state index is 0.0152. The molecule has 0 atom stereocenters. The zero-order valence-corrected chi connectivity index (χ0v) is 16.3. The van der Waals surface area contributed by atoms with Gasteiger partial charge in [0.05, 0.1) is 5.75 Å². The molecular weight excluding hydrogens is 348 g/mol. The molecule has 140 valence electrons. The van der Waals surface area contributed by atoms with E-state index in [4.69, 9.17) is 0 Å². The van der Waals surface area contributed by atoms with Crippen LogP contribution in [0, 0.1) is 0 Å². The molecule has 26 heavy (non-hydrogen) atoms. The lowest BCUT2D eigenvalue weighted by Gasteiger charge is -2.22. The summed E-state index contributed by atoms with van der Waals surface area (Å²) in [6.45, 7) is 1.38. The third kappa shape index (κ3) is 6.16. The second-order valence-corrected chi connectivity index (χ2v) is 7.95. The zero-order chi connectivity index (χ0) is 19.0. The first-order valence-corrected chi connectivity index (χ1v) is 10.0. The molecule has 7 heteroatoms. The first kappa shape index (κ1) is 19.9. The smallest absolute Gasteiger partial charge is 0.215 e. The fraction of sp³-hybridized carbons (Fsp3) is 0.316. The highest BCUT2D eigenvalue weighted by Crippen LogP contribution is 2.08. The van der Waals surface area contributed by atoms with Crippen molar-refractivity contribution in [3.05, 3.63) is 71.3 Å². The molecule has 0 radical (unpaired) electrons. The molecule has 2 rings (SSSR count). The van der Waals surface area contributed by atoms with E-state index in [-0.39, 0.29) is 5.75 Å². The molecule has 0 aliphatic rings. The molecule has 0 aliphatic heterocycles. The van der Waals surface area contributed by atoms with Gasteiger partial charge in [0, 0.05) is 27.2 Å². The number of nitrogens with one attached hydrogen (secondary N) is 2.